The van der Waals surface area contributed by atoms with Gasteiger partial charge in [-0.25, -0.2) is 0 Å². The van der Waals surface area contributed by atoms with Crippen molar-refractivity contribution in [1.82, 2.24) is 19.7 Å². The molecule has 0 spiro atoms. The van der Waals surface area contributed by atoms with Crippen molar-refractivity contribution >= 4 is 21.8 Å². The van der Waals surface area contributed by atoms with Crippen LogP contribution in [-0.2, 0) is 7.05 Å². The lowest BCUT2D eigenvalue weighted by Gasteiger charge is -2.28. The summed E-state index contributed by atoms with van der Waals surface area (Å²) in [5, 5.41) is 7.64. The lowest BCUT2D eigenvalue weighted by atomic mass is 9.91. The van der Waals surface area contributed by atoms with Gasteiger partial charge < -0.3 is 9.88 Å². The third-order valence-electron chi connectivity index (χ3n) is 4.85. The van der Waals surface area contributed by atoms with Crippen LogP contribution < -0.4 is 5.56 Å². The van der Waals surface area contributed by atoms with E-state index in [2.05, 4.69) is 16.9 Å². The fourth-order valence-corrected chi connectivity index (χ4v) is 3.60. The summed E-state index contributed by atoms with van der Waals surface area (Å²) in [5.74, 6) is 0.467. The number of H-pyrrole nitrogens is 1. The lowest BCUT2D eigenvalue weighted by Crippen LogP contribution is -2.29. The molecule has 22 heavy (non-hydrogen) atoms. The molecule has 0 saturated carbocycles. The Bertz CT molecular complexity index is 900. The number of aryl methyl sites for hydroxylation is 1. The number of benzene rings is 1. The average molecular weight is 296 g/mol. The van der Waals surface area contributed by atoms with Crippen LogP contribution in [0, 0.1) is 0 Å². The second kappa shape index (κ2) is 4.95. The first-order valence-corrected chi connectivity index (χ1v) is 7.81. The van der Waals surface area contributed by atoms with Crippen molar-refractivity contribution in [2.24, 2.45) is 7.05 Å². The number of aromatic amines is 1. The fourth-order valence-electron chi connectivity index (χ4n) is 3.60. The number of hydrogen-bond donors (Lipinski definition) is 1. The second-order valence-corrected chi connectivity index (χ2v) is 6.31. The maximum Gasteiger partial charge on any atom is 0.257 e. The van der Waals surface area contributed by atoms with Gasteiger partial charge in [0.05, 0.1) is 5.69 Å². The van der Waals surface area contributed by atoms with Gasteiger partial charge in [0.2, 0.25) is 0 Å². The molecule has 0 amide bonds. The number of aromatic nitrogens is 3. The number of nitrogens with one attached hydrogen (secondary N) is 1. The molecule has 1 aromatic carbocycles. The molecule has 1 aliphatic heterocycles. The zero-order valence-electron chi connectivity index (χ0n) is 13.0. The predicted molar refractivity (Wildman–Crippen MR) is 88.3 cm³/mol. The Morgan fingerprint density at radius 3 is 2.55 bits per heavy atom. The van der Waals surface area contributed by atoms with Gasteiger partial charge in [0.1, 0.15) is 5.65 Å². The third kappa shape index (κ3) is 1.96. The Morgan fingerprint density at radius 2 is 1.82 bits per heavy atom. The van der Waals surface area contributed by atoms with Crippen LogP contribution in [0.25, 0.3) is 21.8 Å². The summed E-state index contributed by atoms with van der Waals surface area (Å²) in [4.78, 5) is 17.6. The molecule has 0 atom stereocenters. The van der Waals surface area contributed by atoms with Gasteiger partial charge in [0, 0.05) is 29.1 Å². The zero-order chi connectivity index (χ0) is 15.3. The van der Waals surface area contributed by atoms with Crippen molar-refractivity contribution in [3.63, 3.8) is 0 Å². The SMILES string of the molecule is CN1CCC(c2nn(C)c3[nH]c(=O)c4ccccc4c23)CC1. The van der Waals surface area contributed by atoms with E-state index in [4.69, 9.17) is 5.10 Å². The smallest absolute Gasteiger partial charge is 0.257 e. The summed E-state index contributed by atoms with van der Waals surface area (Å²) in [6.07, 6.45) is 2.24. The Labute approximate surface area is 128 Å². The minimum Gasteiger partial charge on any atom is -0.306 e. The van der Waals surface area contributed by atoms with Crippen molar-refractivity contribution in [1.29, 1.82) is 0 Å². The van der Waals surface area contributed by atoms with E-state index in [9.17, 15) is 4.79 Å². The molecule has 5 nitrogen and oxygen atoms in total. The number of piperidine rings is 1. The fraction of sp³-hybridized carbons (Fsp3) is 0.412. The molecule has 4 rings (SSSR count). The number of fused-ring (bicyclic) bond motifs is 3. The van der Waals surface area contributed by atoms with Gasteiger partial charge in [0.15, 0.2) is 0 Å². The summed E-state index contributed by atoms with van der Waals surface area (Å²) in [5.41, 5.74) is 1.93. The summed E-state index contributed by atoms with van der Waals surface area (Å²) >= 11 is 0. The van der Waals surface area contributed by atoms with Gasteiger partial charge >= 0.3 is 0 Å². The molecule has 5 heteroatoms. The van der Waals surface area contributed by atoms with Gasteiger partial charge in [0.25, 0.3) is 5.56 Å². The molecule has 3 heterocycles. The third-order valence-corrected chi connectivity index (χ3v) is 4.85. The topological polar surface area (TPSA) is 53.9 Å². The molecule has 0 unspecified atom stereocenters. The maximum atomic E-state index is 12.3. The summed E-state index contributed by atoms with van der Waals surface area (Å²) in [6.45, 7) is 2.20. The number of rotatable bonds is 1. The summed E-state index contributed by atoms with van der Waals surface area (Å²) in [6, 6.07) is 7.83. The monoisotopic (exact) mass is 296 g/mol. The first-order chi connectivity index (χ1) is 10.6. The Balaban J connectivity index is 2.00. The molecule has 1 fully saturated rings. The molecule has 0 aliphatic carbocycles. The van der Waals surface area contributed by atoms with E-state index in [-0.39, 0.29) is 5.56 Å². The van der Waals surface area contributed by atoms with E-state index in [0.717, 1.165) is 53.4 Å². The Hall–Kier alpha value is -2.14. The number of likely N-dealkylation sites (tertiary alicyclic amines) is 1. The van der Waals surface area contributed by atoms with Crippen LogP contribution in [0.5, 0.6) is 0 Å². The molecule has 1 N–H and O–H groups in total. The van der Waals surface area contributed by atoms with Crippen LogP contribution in [0.15, 0.2) is 29.1 Å². The predicted octanol–water partition coefficient (Wildman–Crippen LogP) is 2.22. The van der Waals surface area contributed by atoms with Crippen LogP contribution in [0.3, 0.4) is 0 Å². The molecule has 0 radical (unpaired) electrons. The van der Waals surface area contributed by atoms with Crippen molar-refractivity contribution in [3.8, 4) is 0 Å². The van der Waals surface area contributed by atoms with Gasteiger partial charge in [-0.2, -0.15) is 5.10 Å². The van der Waals surface area contributed by atoms with E-state index in [1.54, 1.807) is 0 Å². The van der Waals surface area contributed by atoms with Crippen molar-refractivity contribution in [2.45, 2.75) is 18.8 Å². The van der Waals surface area contributed by atoms with Crippen LogP contribution in [-0.4, -0.2) is 39.8 Å². The number of pyridine rings is 1. The highest BCUT2D eigenvalue weighted by Gasteiger charge is 2.25. The standard InChI is InChI=1S/C17H20N4O/c1-20-9-7-11(8-10-20)15-14-12-5-3-4-6-13(12)17(22)18-16(14)21(2)19-15/h3-6,11H,7-10H2,1-2H3,(H,18,22). The second-order valence-electron chi connectivity index (χ2n) is 6.31. The summed E-state index contributed by atoms with van der Waals surface area (Å²) < 4.78 is 1.82. The molecular weight excluding hydrogens is 276 g/mol. The van der Waals surface area contributed by atoms with Crippen molar-refractivity contribution in [2.75, 3.05) is 20.1 Å². The molecule has 114 valence electrons. The molecule has 3 aromatic rings. The number of hydrogen-bond acceptors (Lipinski definition) is 3. The molecule has 1 aliphatic rings. The van der Waals surface area contributed by atoms with E-state index in [1.807, 2.05) is 36.0 Å². The first-order valence-electron chi connectivity index (χ1n) is 7.81. The van der Waals surface area contributed by atoms with Crippen LogP contribution in [0.4, 0.5) is 0 Å². The van der Waals surface area contributed by atoms with Crippen LogP contribution in [0.1, 0.15) is 24.5 Å². The normalized spacial score (nSPS) is 17.5. The largest absolute Gasteiger partial charge is 0.306 e. The van der Waals surface area contributed by atoms with E-state index in [1.165, 1.54) is 0 Å². The highest BCUT2D eigenvalue weighted by molar-refractivity contribution is 6.05. The Kier molecular flexibility index (Phi) is 3.04. The lowest BCUT2D eigenvalue weighted by molar-refractivity contribution is 0.253. The number of nitrogens with zero attached hydrogens (tertiary/aromatic N) is 3. The quantitative estimate of drug-likeness (QED) is 0.749. The minimum absolute atomic E-state index is 0.0407. The van der Waals surface area contributed by atoms with E-state index < -0.39 is 0 Å². The maximum absolute atomic E-state index is 12.3. The minimum atomic E-state index is -0.0407. The Morgan fingerprint density at radius 1 is 1.14 bits per heavy atom. The van der Waals surface area contributed by atoms with E-state index >= 15 is 0 Å². The van der Waals surface area contributed by atoms with Crippen LogP contribution >= 0.6 is 0 Å². The first kappa shape index (κ1) is 13.5. The highest BCUT2D eigenvalue weighted by atomic mass is 16.1. The molecular formula is C17H20N4O. The van der Waals surface area contributed by atoms with Crippen molar-refractivity contribution < 1.29 is 0 Å². The average Bonchev–Trinajstić information content (AvgIpc) is 2.86. The van der Waals surface area contributed by atoms with Gasteiger partial charge in [-0.15, -0.1) is 0 Å². The van der Waals surface area contributed by atoms with E-state index in [0.29, 0.717) is 5.92 Å². The molecule has 1 saturated heterocycles. The zero-order valence-corrected chi connectivity index (χ0v) is 13.0. The van der Waals surface area contributed by atoms with Crippen molar-refractivity contribution in [3.05, 3.63) is 40.3 Å². The molecule has 2 aromatic heterocycles. The van der Waals surface area contributed by atoms with Gasteiger partial charge in [-0.1, -0.05) is 18.2 Å². The molecule has 0 bridgehead atoms. The van der Waals surface area contributed by atoms with Gasteiger partial charge in [-0.3, -0.25) is 9.48 Å². The highest BCUT2D eigenvalue weighted by Crippen LogP contribution is 2.34. The van der Waals surface area contributed by atoms with Crippen LogP contribution in [0.2, 0.25) is 0 Å². The van der Waals surface area contributed by atoms with Gasteiger partial charge in [-0.05, 0) is 39.0 Å². The summed E-state index contributed by atoms with van der Waals surface area (Å²) in [7, 11) is 4.07.